The highest BCUT2D eigenvalue weighted by Gasteiger charge is 2.24. The standard InChI is InChI=1S/C27H31FN4O3/c28-21-7-5-6-19(16-21)24(31-12-14-35-15-13-31)18-29-26(33)20-9-10-22-23(17-20)30-25-8-3-1-2-4-11-32(25)27(22)34/h5-7,9-10,16-17,24H,1-4,8,11-15,18H2,(H,29,33). The molecule has 1 fully saturated rings. The Hall–Kier alpha value is -3.10. The summed E-state index contributed by atoms with van der Waals surface area (Å²) in [6.07, 6.45) is 5.05. The number of carbonyl (C=O) groups excluding carboxylic acids is 1. The van der Waals surface area contributed by atoms with Gasteiger partial charge in [0.1, 0.15) is 11.6 Å². The van der Waals surface area contributed by atoms with Gasteiger partial charge in [-0.05, 0) is 48.7 Å². The van der Waals surface area contributed by atoms with Crippen LogP contribution in [0.2, 0.25) is 0 Å². The number of nitrogens with zero attached hydrogens (tertiary/aromatic N) is 3. The van der Waals surface area contributed by atoms with Crippen molar-refractivity contribution < 1.29 is 13.9 Å². The summed E-state index contributed by atoms with van der Waals surface area (Å²) in [5.74, 6) is 0.266. The van der Waals surface area contributed by atoms with Crippen LogP contribution < -0.4 is 10.9 Å². The second kappa shape index (κ2) is 10.7. The summed E-state index contributed by atoms with van der Waals surface area (Å²) in [6.45, 7) is 3.67. The number of halogens is 1. The SMILES string of the molecule is O=C(NCC(c1cccc(F)c1)N1CCOCC1)c1ccc2c(=O)n3c(nc2c1)CCCCCC3. The largest absolute Gasteiger partial charge is 0.379 e. The number of nitrogens with one attached hydrogen (secondary N) is 1. The lowest BCUT2D eigenvalue weighted by molar-refractivity contribution is 0.0162. The molecule has 1 saturated heterocycles. The van der Waals surface area contributed by atoms with Gasteiger partial charge in [-0.25, -0.2) is 9.37 Å². The lowest BCUT2D eigenvalue weighted by atomic mass is 10.0. The number of rotatable bonds is 5. The monoisotopic (exact) mass is 478 g/mol. The normalized spacial score (nSPS) is 17.9. The molecule has 0 radical (unpaired) electrons. The molecular weight excluding hydrogens is 447 g/mol. The Morgan fingerprint density at radius 3 is 2.71 bits per heavy atom. The molecule has 2 aliphatic heterocycles. The fraction of sp³-hybridized carbons (Fsp3) is 0.444. The predicted octanol–water partition coefficient (Wildman–Crippen LogP) is 3.46. The van der Waals surface area contributed by atoms with E-state index < -0.39 is 0 Å². The Morgan fingerprint density at radius 1 is 1.06 bits per heavy atom. The van der Waals surface area contributed by atoms with Gasteiger partial charge in [0.25, 0.3) is 11.5 Å². The van der Waals surface area contributed by atoms with E-state index in [1.54, 1.807) is 28.8 Å². The van der Waals surface area contributed by atoms with Crippen molar-refractivity contribution in [2.24, 2.45) is 0 Å². The number of benzene rings is 2. The third-order valence-electron chi connectivity index (χ3n) is 7.00. The van der Waals surface area contributed by atoms with Gasteiger partial charge in [-0.15, -0.1) is 0 Å². The fourth-order valence-corrected chi connectivity index (χ4v) is 5.09. The summed E-state index contributed by atoms with van der Waals surface area (Å²) in [4.78, 5) is 33.2. The first-order valence-electron chi connectivity index (χ1n) is 12.5. The van der Waals surface area contributed by atoms with Crippen LogP contribution in [0.25, 0.3) is 10.9 Å². The van der Waals surface area contributed by atoms with Crippen LogP contribution in [0.5, 0.6) is 0 Å². The van der Waals surface area contributed by atoms with Gasteiger partial charge < -0.3 is 10.1 Å². The number of aromatic nitrogens is 2. The minimum Gasteiger partial charge on any atom is -0.379 e. The van der Waals surface area contributed by atoms with E-state index in [0.29, 0.717) is 55.9 Å². The van der Waals surface area contributed by atoms with Crippen molar-refractivity contribution in [1.29, 1.82) is 0 Å². The molecule has 3 heterocycles. The lowest BCUT2D eigenvalue weighted by Crippen LogP contribution is -2.43. The molecule has 2 aromatic carbocycles. The molecule has 2 aliphatic rings. The quantitative estimate of drug-likeness (QED) is 0.608. The number of ether oxygens (including phenoxy) is 1. The summed E-state index contributed by atoms with van der Waals surface area (Å²) in [6, 6.07) is 11.5. The van der Waals surface area contributed by atoms with Crippen molar-refractivity contribution in [1.82, 2.24) is 19.8 Å². The maximum atomic E-state index is 13.9. The first kappa shape index (κ1) is 23.6. The second-order valence-electron chi connectivity index (χ2n) is 9.31. The lowest BCUT2D eigenvalue weighted by Gasteiger charge is -2.35. The Morgan fingerprint density at radius 2 is 1.89 bits per heavy atom. The molecule has 8 heteroatoms. The van der Waals surface area contributed by atoms with Crippen molar-refractivity contribution in [3.05, 3.63) is 75.6 Å². The number of aryl methyl sites for hydroxylation is 1. The van der Waals surface area contributed by atoms with E-state index in [4.69, 9.17) is 9.72 Å². The molecule has 3 aromatic rings. The molecule has 5 rings (SSSR count). The van der Waals surface area contributed by atoms with Crippen molar-refractivity contribution in [2.75, 3.05) is 32.8 Å². The molecule has 7 nitrogen and oxygen atoms in total. The van der Waals surface area contributed by atoms with Crippen LogP contribution >= 0.6 is 0 Å². The zero-order valence-corrected chi connectivity index (χ0v) is 19.8. The molecule has 0 saturated carbocycles. The highest BCUT2D eigenvalue weighted by atomic mass is 19.1. The van der Waals surface area contributed by atoms with Crippen LogP contribution in [-0.4, -0.2) is 53.2 Å². The molecule has 184 valence electrons. The zero-order chi connectivity index (χ0) is 24.2. The van der Waals surface area contributed by atoms with Gasteiger partial charge in [0.05, 0.1) is 30.2 Å². The maximum absolute atomic E-state index is 13.9. The fourth-order valence-electron chi connectivity index (χ4n) is 5.09. The molecule has 1 unspecified atom stereocenters. The number of fused-ring (bicyclic) bond motifs is 2. The van der Waals surface area contributed by atoms with E-state index in [1.807, 2.05) is 6.07 Å². The highest BCUT2D eigenvalue weighted by molar-refractivity contribution is 5.97. The van der Waals surface area contributed by atoms with Gasteiger partial charge in [-0.1, -0.05) is 25.0 Å². The number of hydrogen-bond acceptors (Lipinski definition) is 5. The maximum Gasteiger partial charge on any atom is 0.261 e. The Bertz CT molecular complexity index is 1270. The minimum absolute atomic E-state index is 0.0302. The first-order valence-corrected chi connectivity index (χ1v) is 12.5. The van der Waals surface area contributed by atoms with Crippen molar-refractivity contribution in [3.8, 4) is 0 Å². The zero-order valence-electron chi connectivity index (χ0n) is 19.8. The Balaban J connectivity index is 1.37. The topological polar surface area (TPSA) is 76.5 Å². The number of morpholine rings is 1. The summed E-state index contributed by atoms with van der Waals surface area (Å²) < 4.78 is 21.2. The van der Waals surface area contributed by atoms with E-state index in [9.17, 15) is 14.0 Å². The predicted molar refractivity (Wildman–Crippen MR) is 132 cm³/mol. The van der Waals surface area contributed by atoms with E-state index in [1.165, 1.54) is 12.1 Å². The van der Waals surface area contributed by atoms with Crippen LogP contribution in [0.3, 0.4) is 0 Å². The highest BCUT2D eigenvalue weighted by Crippen LogP contribution is 2.23. The molecule has 1 aromatic heterocycles. The average molecular weight is 479 g/mol. The molecule has 1 amide bonds. The number of hydrogen-bond donors (Lipinski definition) is 1. The average Bonchev–Trinajstić information content (AvgIpc) is 2.86. The smallest absolute Gasteiger partial charge is 0.261 e. The van der Waals surface area contributed by atoms with E-state index in [2.05, 4.69) is 10.2 Å². The summed E-state index contributed by atoms with van der Waals surface area (Å²) in [7, 11) is 0. The molecule has 1 N–H and O–H groups in total. The third kappa shape index (κ3) is 5.28. The van der Waals surface area contributed by atoms with Crippen LogP contribution in [0.4, 0.5) is 4.39 Å². The summed E-state index contributed by atoms with van der Waals surface area (Å²) in [5.41, 5.74) is 1.81. The third-order valence-corrected chi connectivity index (χ3v) is 7.00. The Labute approximate surface area is 203 Å². The molecule has 0 bridgehead atoms. The van der Waals surface area contributed by atoms with Gasteiger partial charge in [0.2, 0.25) is 0 Å². The van der Waals surface area contributed by atoms with Gasteiger partial charge in [-0.2, -0.15) is 0 Å². The van der Waals surface area contributed by atoms with Gasteiger partial charge in [-0.3, -0.25) is 19.1 Å². The van der Waals surface area contributed by atoms with Crippen LogP contribution in [-0.2, 0) is 17.7 Å². The van der Waals surface area contributed by atoms with Gasteiger partial charge >= 0.3 is 0 Å². The summed E-state index contributed by atoms with van der Waals surface area (Å²) >= 11 is 0. The van der Waals surface area contributed by atoms with Gasteiger partial charge in [0.15, 0.2) is 0 Å². The van der Waals surface area contributed by atoms with E-state index in [0.717, 1.165) is 43.5 Å². The molecule has 0 spiro atoms. The van der Waals surface area contributed by atoms with Crippen LogP contribution in [0.15, 0.2) is 47.3 Å². The number of carbonyl (C=O) groups is 1. The Kier molecular flexibility index (Phi) is 7.20. The second-order valence-corrected chi connectivity index (χ2v) is 9.31. The van der Waals surface area contributed by atoms with E-state index in [-0.39, 0.29) is 23.3 Å². The van der Waals surface area contributed by atoms with Crippen LogP contribution in [0, 0.1) is 5.82 Å². The number of amides is 1. The molecule has 1 atom stereocenters. The first-order chi connectivity index (χ1) is 17.1. The van der Waals surface area contributed by atoms with Crippen molar-refractivity contribution in [3.63, 3.8) is 0 Å². The minimum atomic E-state index is -0.297. The van der Waals surface area contributed by atoms with E-state index >= 15 is 0 Å². The molecule has 0 aliphatic carbocycles. The van der Waals surface area contributed by atoms with Crippen LogP contribution in [0.1, 0.15) is 53.5 Å². The van der Waals surface area contributed by atoms with Crippen molar-refractivity contribution in [2.45, 2.75) is 44.7 Å². The van der Waals surface area contributed by atoms with Crippen molar-refractivity contribution >= 4 is 16.8 Å². The van der Waals surface area contributed by atoms with Gasteiger partial charge in [0, 0.05) is 38.2 Å². The molecule has 35 heavy (non-hydrogen) atoms. The summed E-state index contributed by atoms with van der Waals surface area (Å²) in [5, 5.41) is 3.56. The molecular formula is C27H31FN4O3.